The first kappa shape index (κ1) is 12.4. The van der Waals surface area contributed by atoms with E-state index < -0.39 is 11.8 Å². The first-order chi connectivity index (χ1) is 8.03. The molecule has 2 heterocycles. The summed E-state index contributed by atoms with van der Waals surface area (Å²) in [4.78, 5) is 12.9. The summed E-state index contributed by atoms with van der Waals surface area (Å²) in [6, 6.07) is 1.61. The van der Waals surface area contributed by atoms with Gasteiger partial charge in [0.2, 0.25) is 0 Å². The Morgan fingerprint density at radius 1 is 1.47 bits per heavy atom. The van der Waals surface area contributed by atoms with Gasteiger partial charge in [-0.3, -0.25) is 4.79 Å². The van der Waals surface area contributed by atoms with Gasteiger partial charge in [0.05, 0.1) is 4.88 Å². The van der Waals surface area contributed by atoms with E-state index in [1.165, 1.54) is 4.90 Å². The minimum absolute atomic E-state index is 0.138. The standard InChI is InChI=1S/C11H14F2N2OS/c1-8-2-7-17-9(8)11(12,13)10(16)15-5-3-14-4-6-15/h2,7,14H,3-6H2,1H3. The second-order valence-electron chi connectivity index (χ2n) is 4.05. The van der Waals surface area contributed by atoms with E-state index in [2.05, 4.69) is 5.32 Å². The Kier molecular flexibility index (Phi) is 3.44. The second kappa shape index (κ2) is 4.70. The van der Waals surface area contributed by atoms with Crippen LogP contribution in [0.5, 0.6) is 0 Å². The molecule has 0 spiro atoms. The number of alkyl halides is 2. The highest BCUT2D eigenvalue weighted by atomic mass is 32.1. The van der Waals surface area contributed by atoms with Gasteiger partial charge >= 0.3 is 5.92 Å². The molecular formula is C11H14F2N2OS. The lowest BCUT2D eigenvalue weighted by Gasteiger charge is -2.30. The van der Waals surface area contributed by atoms with Crippen LogP contribution in [0.4, 0.5) is 8.78 Å². The largest absolute Gasteiger partial charge is 0.359 e. The molecule has 1 saturated heterocycles. The summed E-state index contributed by atoms with van der Waals surface area (Å²) in [6.45, 7) is 3.44. The van der Waals surface area contributed by atoms with Crippen LogP contribution in [0.3, 0.4) is 0 Å². The van der Waals surface area contributed by atoms with E-state index in [-0.39, 0.29) is 4.88 Å². The first-order valence-electron chi connectivity index (χ1n) is 5.46. The van der Waals surface area contributed by atoms with Crippen molar-refractivity contribution < 1.29 is 13.6 Å². The molecule has 94 valence electrons. The lowest BCUT2D eigenvalue weighted by molar-refractivity contribution is -0.159. The number of piperazine rings is 1. The molecule has 0 radical (unpaired) electrons. The van der Waals surface area contributed by atoms with Gasteiger partial charge in [0, 0.05) is 26.2 Å². The number of carbonyl (C=O) groups excluding carboxylic acids is 1. The Morgan fingerprint density at radius 2 is 2.12 bits per heavy atom. The zero-order valence-electron chi connectivity index (χ0n) is 9.50. The third-order valence-corrected chi connectivity index (χ3v) is 3.91. The number of amides is 1. The number of aryl methyl sites for hydroxylation is 1. The fourth-order valence-corrected chi connectivity index (χ4v) is 2.76. The van der Waals surface area contributed by atoms with Gasteiger partial charge in [0.15, 0.2) is 0 Å². The lowest BCUT2D eigenvalue weighted by atomic mass is 10.1. The fourth-order valence-electron chi connectivity index (χ4n) is 1.86. The van der Waals surface area contributed by atoms with Crippen LogP contribution < -0.4 is 5.32 Å². The smallest absolute Gasteiger partial charge is 0.335 e. The van der Waals surface area contributed by atoms with Crippen LogP contribution in [0.2, 0.25) is 0 Å². The fraction of sp³-hybridized carbons (Fsp3) is 0.545. The van der Waals surface area contributed by atoms with E-state index in [4.69, 9.17) is 0 Å². The molecule has 0 saturated carbocycles. The molecule has 1 amide bonds. The van der Waals surface area contributed by atoms with Crippen molar-refractivity contribution in [1.29, 1.82) is 0 Å². The molecular weight excluding hydrogens is 246 g/mol. The van der Waals surface area contributed by atoms with Crippen molar-refractivity contribution in [2.75, 3.05) is 26.2 Å². The van der Waals surface area contributed by atoms with Crippen LogP contribution >= 0.6 is 11.3 Å². The Hall–Kier alpha value is -1.01. The van der Waals surface area contributed by atoms with Gasteiger partial charge in [-0.1, -0.05) is 0 Å². The summed E-state index contributed by atoms with van der Waals surface area (Å²) in [7, 11) is 0. The van der Waals surface area contributed by atoms with Crippen LogP contribution in [0.1, 0.15) is 10.4 Å². The number of carbonyl (C=O) groups is 1. The van der Waals surface area contributed by atoms with Crippen molar-refractivity contribution >= 4 is 17.2 Å². The molecule has 1 aliphatic heterocycles. The van der Waals surface area contributed by atoms with Crippen molar-refractivity contribution in [3.8, 4) is 0 Å². The number of hydrogen-bond donors (Lipinski definition) is 1. The molecule has 0 atom stereocenters. The number of halogens is 2. The molecule has 1 aromatic rings. The normalized spacial score (nSPS) is 17.2. The zero-order chi connectivity index (χ0) is 12.5. The van der Waals surface area contributed by atoms with Crippen LogP contribution in [0.15, 0.2) is 11.4 Å². The molecule has 3 nitrogen and oxygen atoms in total. The molecule has 2 rings (SSSR count). The van der Waals surface area contributed by atoms with Gasteiger partial charge in [0.25, 0.3) is 5.91 Å². The van der Waals surface area contributed by atoms with E-state index in [0.29, 0.717) is 31.7 Å². The summed E-state index contributed by atoms with van der Waals surface area (Å²) in [5.41, 5.74) is 0.475. The molecule has 1 fully saturated rings. The van der Waals surface area contributed by atoms with Crippen molar-refractivity contribution in [2.24, 2.45) is 0 Å². The molecule has 0 bridgehead atoms. The second-order valence-corrected chi connectivity index (χ2v) is 4.97. The van der Waals surface area contributed by atoms with E-state index in [1.807, 2.05) is 0 Å². The SMILES string of the molecule is Cc1ccsc1C(F)(F)C(=O)N1CCNCC1. The molecule has 1 aromatic heterocycles. The topological polar surface area (TPSA) is 32.3 Å². The quantitative estimate of drug-likeness (QED) is 0.875. The highest BCUT2D eigenvalue weighted by Gasteiger charge is 2.46. The molecule has 0 aliphatic carbocycles. The third kappa shape index (κ3) is 2.32. The maximum Gasteiger partial charge on any atom is 0.359 e. The number of nitrogens with zero attached hydrogens (tertiary/aromatic N) is 1. The monoisotopic (exact) mass is 260 g/mol. The molecule has 0 unspecified atom stereocenters. The van der Waals surface area contributed by atoms with Crippen molar-refractivity contribution in [1.82, 2.24) is 10.2 Å². The highest BCUT2D eigenvalue weighted by molar-refractivity contribution is 7.10. The van der Waals surface area contributed by atoms with Crippen molar-refractivity contribution in [3.05, 3.63) is 21.9 Å². The predicted octanol–water partition coefficient (Wildman–Crippen LogP) is 1.58. The first-order valence-corrected chi connectivity index (χ1v) is 6.34. The van der Waals surface area contributed by atoms with Gasteiger partial charge in [-0.2, -0.15) is 8.78 Å². The van der Waals surface area contributed by atoms with Gasteiger partial charge in [0.1, 0.15) is 0 Å². The summed E-state index contributed by atoms with van der Waals surface area (Å²) in [5.74, 6) is -4.47. The van der Waals surface area contributed by atoms with Gasteiger partial charge in [-0.05, 0) is 23.9 Å². The number of thiophene rings is 1. The average Bonchev–Trinajstić information content (AvgIpc) is 2.76. The third-order valence-electron chi connectivity index (χ3n) is 2.82. The van der Waals surface area contributed by atoms with E-state index >= 15 is 0 Å². The van der Waals surface area contributed by atoms with Crippen molar-refractivity contribution in [3.63, 3.8) is 0 Å². The molecule has 0 aromatic carbocycles. The van der Waals surface area contributed by atoms with Crippen LogP contribution in [0.25, 0.3) is 0 Å². The van der Waals surface area contributed by atoms with Gasteiger partial charge < -0.3 is 10.2 Å². The van der Waals surface area contributed by atoms with Crippen LogP contribution in [-0.4, -0.2) is 37.0 Å². The van der Waals surface area contributed by atoms with Crippen LogP contribution in [0, 0.1) is 6.92 Å². The van der Waals surface area contributed by atoms with Crippen LogP contribution in [-0.2, 0) is 10.7 Å². The average molecular weight is 260 g/mol. The number of hydrogen-bond acceptors (Lipinski definition) is 3. The van der Waals surface area contributed by atoms with Gasteiger partial charge in [-0.15, -0.1) is 11.3 Å². The minimum atomic E-state index is -3.39. The van der Waals surface area contributed by atoms with Crippen molar-refractivity contribution in [2.45, 2.75) is 12.8 Å². The maximum absolute atomic E-state index is 14.0. The van der Waals surface area contributed by atoms with E-state index in [9.17, 15) is 13.6 Å². The Morgan fingerprint density at radius 3 is 2.65 bits per heavy atom. The summed E-state index contributed by atoms with van der Waals surface area (Å²) < 4.78 is 28.1. The van der Waals surface area contributed by atoms with E-state index in [0.717, 1.165) is 11.3 Å². The van der Waals surface area contributed by atoms with E-state index in [1.54, 1.807) is 18.4 Å². The summed E-state index contributed by atoms with van der Waals surface area (Å²) in [6.07, 6.45) is 0. The Bertz CT molecular complexity index is 413. The Balaban J connectivity index is 2.20. The number of nitrogens with one attached hydrogen (secondary N) is 1. The zero-order valence-corrected chi connectivity index (χ0v) is 10.3. The maximum atomic E-state index is 14.0. The Labute approximate surface area is 102 Å². The molecule has 1 aliphatic rings. The molecule has 6 heteroatoms. The molecule has 17 heavy (non-hydrogen) atoms. The molecule has 1 N–H and O–H groups in total. The summed E-state index contributed by atoms with van der Waals surface area (Å²) >= 11 is 0.936. The predicted molar refractivity (Wildman–Crippen MR) is 62.4 cm³/mol. The lowest BCUT2D eigenvalue weighted by Crippen LogP contribution is -2.51. The van der Waals surface area contributed by atoms with Gasteiger partial charge in [-0.25, -0.2) is 0 Å². The number of rotatable bonds is 2. The highest BCUT2D eigenvalue weighted by Crippen LogP contribution is 2.36. The minimum Gasteiger partial charge on any atom is -0.335 e. The summed E-state index contributed by atoms with van der Waals surface area (Å²) in [5, 5.41) is 4.62.